The highest BCUT2D eigenvalue weighted by molar-refractivity contribution is 7.99. The van der Waals surface area contributed by atoms with Gasteiger partial charge >= 0.3 is 0 Å². The quantitative estimate of drug-likeness (QED) is 0.254. The molecule has 0 aliphatic heterocycles. The zero-order valence-corrected chi connectivity index (χ0v) is 19.4. The molecule has 1 heterocycles. The molecule has 0 spiro atoms. The molecule has 4 nitrogen and oxygen atoms in total. The first-order chi connectivity index (χ1) is 14.3. The summed E-state index contributed by atoms with van der Waals surface area (Å²) in [5, 5.41) is 5.35. The summed E-state index contributed by atoms with van der Waals surface area (Å²) in [6.45, 7) is 6.02. The monoisotopic (exact) mass is 459 g/mol. The maximum Gasteiger partial charge on any atom is 0.240 e. The lowest BCUT2D eigenvalue weighted by Crippen LogP contribution is -2.17. The van der Waals surface area contributed by atoms with Crippen LogP contribution in [0.3, 0.4) is 0 Å². The first-order valence-corrected chi connectivity index (χ1v) is 11.2. The van der Waals surface area contributed by atoms with Gasteiger partial charge in [-0.05, 0) is 57.2 Å². The lowest BCUT2D eigenvalue weighted by molar-refractivity contribution is -0.120. The molecule has 3 aromatic rings. The van der Waals surface area contributed by atoms with Gasteiger partial charge in [0, 0.05) is 39.0 Å². The molecule has 1 aromatic heterocycles. The Morgan fingerprint density at radius 2 is 1.83 bits per heavy atom. The minimum Gasteiger partial charge on any atom is -0.316 e. The summed E-state index contributed by atoms with van der Waals surface area (Å²) in [5.74, 6) is 0.587. The second-order valence-corrected chi connectivity index (χ2v) is 8.97. The third-order valence-corrected chi connectivity index (χ3v) is 6.20. The van der Waals surface area contributed by atoms with E-state index in [1.54, 1.807) is 30.1 Å². The zero-order valence-electron chi connectivity index (χ0n) is 17.1. The van der Waals surface area contributed by atoms with Gasteiger partial charge in [0.05, 0.1) is 16.9 Å². The van der Waals surface area contributed by atoms with E-state index in [4.69, 9.17) is 23.2 Å². The number of aromatic nitrogens is 1. The van der Waals surface area contributed by atoms with Crippen molar-refractivity contribution >= 4 is 47.1 Å². The SMILES string of the molecule is Cc1ccc(SCCC(=O)N/N=C\c2cc(C)n(-c3cc(Cl)ccc3Cl)c2C)cc1. The number of hydrogen-bond acceptors (Lipinski definition) is 3. The Kier molecular flexibility index (Phi) is 7.64. The van der Waals surface area contributed by atoms with E-state index in [2.05, 4.69) is 41.7 Å². The number of aryl methyl sites for hydroxylation is 2. The van der Waals surface area contributed by atoms with Gasteiger partial charge < -0.3 is 4.57 Å². The predicted octanol–water partition coefficient (Wildman–Crippen LogP) is 6.34. The van der Waals surface area contributed by atoms with Crippen LogP contribution in [-0.4, -0.2) is 22.4 Å². The topological polar surface area (TPSA) is 46.4 Å². The van der Waals surface area contributed by atoms with Gasteiger partial charge in [0.25, 0.3) is 0 Å². The Labute approximate surface area is 191 Å². The van der Waals surface area contributed by atoms with Crippen molar-refractivity contribution < 1.29 is 4.79 Å². The molecule has 1 N–H and O–H groups in total. The molecule has 0 unspecified atom stereocenters. The molecule has 156 valence electrons. The second kappa shape index (κ2) is 10.2. The molecule has 30 heavy (non-hydrogen) atoms. The number of amides is 1. The van der Waals surface area contributed by atoms with E-state index >= 15 is 0 Å². The highest BCUT2D eigenvalue weighted by Crippen LogP contribution is 2.28. The van der Waals surface area contributed by atoms with Crippen molar-refractivity contribution in [1.29, 1.82) is 0 Å². The number of carbonyl (C=O) groups excluding carboxylic acids is 1. The summed E-state index contributed by atoms with van der Waals surface area (Å²) in [4.78, 5) is 13.2. The summed E-state index contributed by atoms with van der Waals surface area (Å²) >= 11 is 14.2. The van der Waals surface area contributed by atoms with Crippen LogP contribution in [0.1, 0.15) is 28.9 Å². The number of thioether (sulfide) groups is 1. The van der Waals surface area contributed by atoms with Gasteiger partial charge in [0.1, 0.15) is 0 Å². The van der Waals surface area contributed by atoms with Gasteiger partial charge in [0.2, 0.25) is 5.91 Å². The van der Waals surface area contributed by atoms with Crippen LogP contribution in [0.4, 0.5) is 0 Å². The summed E-state index contributed by atoms with van der Waals surface area (Å²) in [7, 11) is 0. The van der Waals surface area contributed by atoms with E-state index in [-0.39, 0.29) is 5.91 Å². The molecule has 7 heteroatoms. The number of nitrogens with one attached hydrogen (secondary N) is 1. The normalized spacial score (nSPS) is 11.2. The Bertz CT molecular complexity index is 1070. The Balaban J connectivity index is 1.59. The highest BCUT2D eigenvalue weighted by Gasteiger charge is 2.12. The summed E-state index contributed by atoms with van der Waals surface area (Å²) in [5.41, 5.74) is 7.51. The van der Waals surface area contributed by atoms with Crippen molar-refractivity contribution in [3.63, 3.8) is 0 Å². The van der Waals surface area contributed by atoms with E-state index in [1.165, 1.54) is 5.56 Å². The maximum absolute atomic E-state index is 12.1. The number of nitrogens with zero attached hydrogens (tertiary/aromatic N) is 2. The number of halogens is 2. The summed E-state index contributed by atoms with van der Waals surface area (Å²) < 4.78 is 2.02. The lowest BCUT2D eigenvalue weighted by Gasteiger charge is -2.12. The van der Waals surface area contributed by atoms with Crippen LogP contribution in [-0.2, 0) is 4.79 Å². The second-order valence-electron chi connectivity index (χ2n) is 6.96. The van der Waals surface area contributed by atoms with Crippen molar-refractivity contribution in [2.24, 2.45) is 5.10 Å². The lowest BCUT2D eigenvalue weighted by atomic mass is 10.2. The van der Waals surface area contributed by atoms with Crippen LogP contribution in [0, 0.1) is 20.8 Å². The van der Waals surface area contributed by atoms with E-state index in [1.807, 2.05) is 30.5 Å². The Morgan fingerprint density at radius 3 is 2.57 bits per heavy atom. The number of hydrazone groups is 1. The van der Waals surface area contributed by atoms with Crippen molar-refractivity contribution in [3.8, 4) is 5.69 Å². The first kappa shape index (κ1) is 22.5. The molecule has 0 saturated heterocycles. The van der Waals surface area contributed by atoms with Crippen molar-refractivity contribution in [2.75, 3.05) is 5.75 Å². The van der Waals surface area contributed by atoms with Crippen LogP contribution < -0.4 is 5.43 Å². The third kappa shape index (κ3) is 5.69. The zero-order chi connectivity index (χ0) is 21.7. The molecule has 0 aliphatic carbocycles. The molecule has 0 radical (unpaired) electrons. The minimum absolute atomic E-state index is 0.113. The van der Waals surface area contributed by atoms with Crippen LogP contribution in [0.15, 0.2) is 58.5 Å². The van der Waals surface area contributed by atoms with Crippen LogP contribution >= 0.6 is 35.0 Å². The summed E-state index contributed by atoms with van der Waals surface area (Å²) in [6, 6.07) is 15.6. The highest BCUT2D eigenvalue weighted by atomic mass is 35.5. The van der Waals surface area contributed by atoms with Crippen molar-refractivity contribution in [3.05, 3.63) is 81.1 Å². The van der Waals surface area contributed by atoms with Gasteiger partial charge in [0.15, 0.2) is 0 Å². The average Bonchev–Trinajstić information content (AvgIpc) is 2.99. The predicted molar refractivity (Wildman–Crippen MR) is 128 cm³/mol. The van der Waals surface area contributed by atoms with E-state index in [0.29, 0.717) is 22.2 Å². The fraction of sp³-hybridized carbons (Fsp3) is 0.217. The Hall–Kier alpha value is -2.21. The number of carbonyl (C=O) groups is 1. The fourth-order valence-electron chi connectivity index (χ4n) is 3.07. The van der Waals surface area contributed by atoms with Crippen molar-refractivity contribution in [2.45, 2.75) is 32.1 Å². The van der Waals surface area contributed by atoms with E-state index in [9.17, 15) is 4.79 Å². The Morgan fingerprint density at radius 1 is 1.10 bits per heavy atom. The smallest absolute Gasteiger partial charge is 0.240 e. The molecule has 0 fully saturated rings. The molecule has 0 saturated carbocycles. The van der Waals surface area contributed by atoms with Gasteiger partial charge in [-0.2, -0.15) is 5.10 Å². The minimum atomic E-state index is -0.113. The standard InChI is InChI=1S/C23H23Cl2N3OS/c1-15-4-7-20(8-5-15)30-11-10-23(29)27-26-14-18-12-16(2)28(17(18)3)22-13-19(24)6-9-21(22)25/h4-9,12-14H,10-11H2,1-3H3,(H,27,29)/b26-14-. The maximum atomic E-state index is 12.1. The molecule has 2 aromatic carbocycles. The molecular formula is C23H23Cl2N3OS. The van der Waals surface area contributed by atoms with E-state index in [0.717, 1.165) is 27.5 Å². The molecular weight excluding hydrogens is 437 g/mol. The van der Waals surface area contributed by atoms with Gasteiger partial charge in [-0.1, -0.05) is 40.9 Å². The molecule has 0 bridgehead atoms. The third-order valence-electron chi connectivity index (χ3n) is 4.63. The van der Waals surface area contributed by atoms with Gasteiger partial charge in [-0.25, -0.2) is 5.43 Å². The molecule has 0 aliphatic rings. The van der Waals surface area contributed by atoms with Crippen LogP contribution in [0.25, 0.3) is 5.69 Å². The van der Waals surface area contributed by atoms with Crippen molar-refractivity contribution in [1.82, 2.24) is 9.99 Å². The largest absolute Gasteiger partial charge is 0.316 e. The number of hydrogen-bond donors (Lipinski definition) is 1. The fourth-order valence-corrected chi connectivity index (χ4v) is 4.29. The van der Waals surface area contributed by atoms with Gasteiger partial charge in [-0.3, -0.25) is 4.79 Å². The summed E-state index contributed by atoms with van der Waals surface area (Å²) in [6.07, 6.45) is 2.05. The number of rotatable bonds is 7. The average molecular weight is 460 g/mol. The molecule has 3 rings (SSSR count). The molecule has 0 atom stereocenters. The first-order valence-electron chi connectivity index (χ1n) is 9.51. The molecule has 1 amide bonds. The van der Waals surface area contributed by atoms with Crippen LogP contribution in [0.2, 0.25) is 10.0 Å². The number of benzene rings is 2. The van der Waals surface area contributed by atoms with E-state index < -0.39 is 0 Å². The van der Waals surface area contributed by atoms with Gasteiger partial charge in [-0.15, -0.1) is 11.8 Å². The van der Waals surface area contributed by atoms with Crippen LogP contribution in [0.5, 0.6) is 0 Å².